The van der Waals surface area contributed by atoms with Gasteiger partial charge in [-0.2, -0.15) is 0 Å². The van der Waals surface area contributed by atoms with Gasteiger partial charge in [-0.1, -0.05) is 35.0 Å². The van der Waals surface area contributed by atoms with Crippen LogP contribution in [-0.4, -0.2) is 6.54 Å². The maximum Gasteiger partial charge on any atom is 0.0386 e. The fraction of sp³-hybridized carbons (Fsp3) is 0.333. The van der Waals surface area contributed by atoms with E-state index in [1.807, 2.05) is 11.3 Å². The minimum atomic E-state index is 0.441. The average Bonchev–Trinajstić information content (AvgIpc) is 2.85. The lowest BCUT2D eigenvalue weighted by molar-refractivity contribution is 0.578. The van der Waals surface area contributed by atoms with Crippen molar-refractivity contribution in [1.82, 2.24) is 5.32 Å². The van der Waals surface area contributed by atoms with Gasteiger partial charge in [0.2, 0.25) is 0 Å². The zero-order valence-corrected chi connectivity index (χ0v) is 13.1. The summed E-state index contributed by atoms with van der Waals surface area (Å²) in [5.74, 6) is 0. The Balaban J connectivity index is 2.15. The first-order chi connectivity index (χ1) is 8.70. The summed E-state index contributed by atoms with van der Waals surface area (Å²) in [7, 11) is 0. The molecule has 0 aliphatic heterocycles. The third-order valence-corrected chi connectivity index (χ3v) is 4.67. The first kappa shape index (κ1) is 13.8. The van der Waals surface area contributed by atoms with E-state index in [-0.39, 0.29) is 0 Å². The van der Waals surface area contributed by atoms with Crippen molar-refractivity contribution in [1.29, 1.82) is 0 Å². The summed E-state index contributed by atoms with van der Waals surface area (Å²) in [5, 5.41) is 3.53. The maximum absolute atomic E-state index is 3.53. The van der Waals surface area contributed by atoms with E-state index in [0.29, 0.717) is 6.04 Å². The molecule has 0 saturated carbocycles. The van der Waals surface area contributed by atoms with E-state index >= 15 is 0 Å². The van der Waals surface area contributed by atoms with Gasteiger partial charge in [-0.3, -0.25) is 0 Å². The zero-order valence-electron chi connectivity index (χ0n) is 10.7. The summed E-state index contributed by atoms with van der Waals surface area (Å²) in [6.45, 7) is 5.50. The highest BCUT2D eigenvalue weighted by atomic mass is 79.9. The van der Waals surface area contributed by atoms with Crippen molar-refractivity contribution in [2.75, 3.05) is 6.54 Å². The van der Waals surface area contributed by atoms with E-state index in [4.69, 9.17) is 0 Å². The standard InChI is InChI=1S/C15H18BrNS/c1-3-9-17-11(2)14-7-8-15(18-14)12-5-4-6-13(16)10-12/h4-8,10-11,17H,3,9H2,1-2H3. The van der Waals surface area contributed by atoms with Gasteiger partial charge >= 0.3 is 0 Å². The highest BCUT2D eigenvalue weighted by Crippen LogP contribution is 2.32. The molecule has 1 heterocycles. The minimum Gasteiger partial charge on any atom is -0.309 e. The van der Waals surface area contributed by atoms with Gasteiger partial charge in [-0.05, 0) is 49.7 Å². The largest absolute Gasteiger partial charge is 0.309 e. The molecule has 1 N–H and O–H groups in total. The van der Waals surface area contributed by atoms with Gasteiger partial charge in [0.25, 0.3) is 0 Å². The van der Waals surface area contributed by atoms with Crippen LogP contribution >= 0.6 is 27.3 Å². The lowest BCUT2D eigenvalue weighted by Crippen LogP contribution is -2.18. The van der Waals surface area contributed by atoms with E-state index in [2.05, 4.69) is 71.5 Å². The summed E-state index contributed by atoms with van der Waals surface area (Å²) >= 11 is 5.39. The van der Waals surface area contributed by atoms with E-state index < -0.39 is 0 Å². The second-order valence-electron chi connectivity index (χ2n) is 4.39. The molecule has 0 radical (unpaired) electrons. The van der Waals surface area contributed by atoms with Gasteiger partial charge in [0.1, 0.15) is 0 Å². The summed E-state index contributed by atoms with van der Waals surface area (Å²) in [5.41, 5.74) is 1.28. The van der Waals surface area contributed by atoms with Crippen LogP contribution < -0.4 is 5.32 Å². The number of halogens is 1. The van der Waals surface area contributed by atoms with Crippen LogP contribution in [0.2, 0.25) is 0 Å². The minimum absolute atomic E-state index is 0.441. The van der Waals surface area contributed by atoms with E-state index in [0.717, 1.165) is 11.0 Å². The molecule has 96 valence electrons. The molecule has 1 unspecified atom stereocenters. The van der Waals surface area contributed by atoms with Crippen molar-refractivity contribution in [3.63, 3.8) is 0 Å². The Kier molecular flexibility index (Phi) is 4.98. The van der Waals surface area contributed by atoms with E-state index in [9.17, 15) is 0 Å². The van der Waals surface area contributed by atoms with Crippen LogP contribution in [0.5, 0.6) is 0 Å². The molecule has 2 rings (SSSR count). The van der Waals surface area contributed by atoms with Crippen molar-refractivity contribution in [2.45, 2.75) is 26.3 Å². The molecule has 1 aromatic carbocycles. The second kappa shape index (κ2) is 6.50. The Hall–Kier alpha value is -0.640. The Labute approximate surface area is 121 Å². The molecule has 18 heavy (non-hydrogen) atoms. The third kappa shape index (κ3) is 3.44. The monoisotopic (exact) mass is 323 g/mol. The molecule has 0 aliphatic carbocycles. The van der Waals surface area contributed by atoms with Crippen LogP contribution in [0, 0.1) is 0 Å². The van der Waals surface area contributed by atoms with Gasteiger partial charge in [-0.15, -0.1) is 11.3 Å². The highest BCUT2D eigenvalue weighted by Gasteiger charge is 2.08. The van der Waals surface area contributed by atoms with Gasteiger partial charge in [0, 0.05) is 20.3 Å². The molecule has 3 heteroatoms. The Morgan fingerprint density at radius 1 is 1.28 bits per heavy atom. The zero-order chi connectivity index (χ0) is 13.0. The van der Waals surface area contributed by atoms with Crippen LogP contribution in [0.3, 0.4) is 0 Å². The smallest absolute Gasteiger partial charge is 0.0386 e. The lowest BCUT2D eigenvalue weighted by atomic mass is 10.2. The van der Waals surface area contributed by atoms with Crippen molar-refractivity contribution < 1.29 is 0 Å². The summed E-state index contributed by atoms with van der Waals surface area (Å²) in [6, 6.07) is 13.3. The number of nitrogens with one attached hydrogen (secondary N) is 1. The Morgan fingerprint density at radius 2 is 2.11 bits per heavy atom. The lowest BCUT2D eigenvalue weighted by Gasteiger charge is -2.10. The average molecular weight is 324 g/mol. The topological polar surface area (TPSA) is 12.0 Å². The quantitative estimate of drug-likeness (QED) is 0.793. The molecule has 1 atom stereocenters. The van der Waals surface area contributed by atoms with Gasteiger partial charge < -0.3 is 5.32 Å². The summed E-state index contributed by atoms with van der Waals surface area (Å²) in [4.78, 5) is 2.73. The predicted molar refractivity (Wildman–Crippen MR) is 84.2 cm³/mol. The van der Waals surface area contributed by atoms with E-state index in [1.54, 1.807) is 0 Å². The molecular weight excluding hydrogens is 306 g/mol. The van der Waals surface area contributed by atoms with Crippen molar-refractivity contribution in [2.24, 2.45) is 0 Å². The molecule has 0 amide bonds. The maximum atomic E-state index is 3.53. The van der Waals surface area contributed by atoms with Crippen LogP contribution in [0.15, 0.2) is 40.9 Å². The first-order valence-electron chi connectivity index (χ1n) is 6.29. The summed E-state index contributed by atoms with van der Waals surface area (Å²) in [6.07, 6.45) is 1.17. The normalized spacial score (nSPS) is 12.6. The van der Waals surface area contributed by atoms with Crippen molar-refractivity contribution >= 4 is 27.3 Å². The number of hydrogen-bond donors (Lipinski definition) is 1. The molecule has 2 aromatic rings. The fourth-order valence-electron chi connectivity index (χ4n) is 1.84. The molecular formula is C15H18BrNS. The van der Waals surface area contributed by atoms with Crippen LogP contribution in [0.1, 0.15) is 31.2 Å². The third-order valence-electron chi connectivity index (χ3n) is 2.86. The predicted octanol–water partition coefficient (Wildman–Crippen LogP) is 5.24. The number of thiophene rings is 1. The molecule has 1 nitrogen and oxygen atoms in total. The van der Waals surface area contributed by atoms with Gasteiger partial charge in [0.15, 0.2) is 0 Å². The van der Waals surface area contributed by atoms with Gasteiger partial charge in [-0.25, -0.2) is 0 Å². The van der Waals surface area contributed by atoms with Crippen LogP contribution in [0.4, 0.5) is 0 Å². The SMILES string of the molecule is CCCNC(C)c1ccc(-c2cccc(Br)c2)s1. The molecule has 0 spiro atoms. The van der Waals surface area contributed by atoms with Crippen LogP contribution in [-0.2, 0) is 0 Å². The fourth-order valence-corrected chi connectivity index (χ4v) is 3.27. The highest BCUT2D eigenvalue weighted by molar-refractivity contribution is 9.10. The van der Waals surface area contributed by atoms with Crippen molar-refractivity contribution in [3.8, 4) is 10.4 Å². The van der Waals surface area contributed by atoms with Gasteiger partial charge in [0.05, 0.1) is 0 Å². The van der Waals surface area contributed by atoms with Crippen molar-refractivity contribution in [3.05, 3.63) is 45.7 Å². The molecule has 1 aromatic heterocycles. The molecule has 0 aliphatic rings. The molecule has 0 saturated heterocycles. The van der Waals surface area contributed by atoms with E-state index in [1.165, 1.54) is 21.7 Å². The summed E-state index contributed by atoms with van der Waals surface area (Å²) < 4.78 is 1.13. The second-order valence-corrected chi connectivity index (χ2v) is 6.42. The number of benzene rings is 1. The van der Waals surface area contributed by atoms with Crippen LogP contribution in [0.25, 0.3) is 10.4 Å². The Morgan fingerprint density at radius 3 is 2.83 bits per heavy atom. The number of hydrogen-bond acceptors (Lipinski definition) is 2. The number of rotatable bonds is 5. The Bertz CT molecular complexity index is 507. The first-order valence-corrected chi connectivity index (χ1v) is 7.90. The molecule has 0 fully saturated rings. The molecule has 0 bridgehead atoms.